The summed E-state index contributed by atoms with van der Waals surface area (Å²) < 4.78 is 11.0. The molecule has 25 heavy (non-hydrogen) atoms. The number of esters is 1. The summed E-state index contributed by atoms with van der Waals surface area (Å²) in [6, 6.07) is 11.4. The summed E-state index contributed by atoms with van der Waals surface area (Å²) >= 11 is 0. The summed E-state index contributed by atoms with van der Waals surface area (Å²) in [5, 5.41) is 3.73. The molecule has 1 heterocycles. The van der Waals surface area contributed by atoms with Gasteiger partial charge in [0.05, 0.1) is 5.92 Å². The lowest BCUT2D eigenvalue weighted by atomic mass is 10.0. The number of rotatable bonds is 8. The number of carbonyl (C=O) groups is 1. The number of methoxy groups -OCH3 is 1. The van der Waals surface area contributed by atoms with E-state index in [4.69, 9.17) is 9.47 Å². The summed E-state index contributed by atoms with van der Waals surface area (Å²) in [5.74, 6) is 0.0854. The highest BCUT2D eigenvalue weighted by Crippen LogP contribution is 2.30. The highest BCUT2D eigenvalue weighted by Gasteiger charge is 2.33. The van der Waals surface area contributed by atoms with Crippen molar-refractivity contribution >= 4 is 5.97 Å². The summed E-state index contributed by atoms with van der Waals surface area (Å²) in [6.07, 6.45) is 3.98. The van der Waals surface area contributed by atoms with Crippen LogP contribution in [-0.4, -0.2) is 49.9 Å². The van der Waals surface area contributed by atoms with Crippen molar-refractivity contribution in [1.82, 2.24) is 10.2 Å². The maximum Gasteiger partial charge on any atom is 0.309 e. The largest absolute Gasteiger partial charge is 0.461 e. The van der Waals surface area contributed by atoms with Gasteiger partial charge >= 0.3 is 5.97 Å². The predicted octanol–water partition coefficient (Wildman–Crippen LogP) is 2.73. The number of carbonyl (C=O) groups excluding carboxylic acids is 1. The molecule has 0 aromatic heterocycles. The average molecular weight is 346 g/mol. The van der Waals surface area contributed by atoms with Crippen LogP contribution in [0.5, 0.6) is 0 Å². The first-order valence-electron chi connectivity index (χ1n) is 9.42. The van der Waals surface area contributed by atoms with Gasteiger partial charge in [-0.15, -0.1) is 0 Å². The quantitative estimate of drug-likeness (QED) is 0.734. The third-order valence-electron chi connectivity index (χ3n) is 5.27. The van der Waals surface area contributed by atoms with Crippen LogP contribution in [0, 0.1) is 5.92 Å². The lowest BCUT2D eigenvalue weighted by Crippen LogP contribution is -2.49. The summed E-state index contributed by atoms with van der Waals surface area (Å²) in [7, 11) is 1.69. The number of hydrogen-bond acceptors (Lipinski definition) is 5. The van der Waals surface area contributed by atoms with Gasteiger partial charge < -0.3 is 14.8 Å². The molecule has 2 atom stereocenters. The second-order valence-electron chi connectivity index (χ2n) is 7.20. The summed E-state index contributed by atoms with van der Waals surface area (Å²) in [4.78, 5) is 14.0. The molecule has 2 fully saturated rings. The van der Waals surface area contributed by atoms with Crippen LogP contribution >= 0.6 is 0 Å². The second kappa shape index (κ2) is 8.79. The molecule has 5 nitrogen and oxygen atoms in total. The SMILES string of the molecule is COC(COC(=O)C1CC1)N1CCC(NC(C)c2ccccc2)CC1. The third-order valence-corrected chi connectivity index (χ3v) is 5.27. The van der Waals surface area contributed by atoms with Crippen molar-refractivity contribution in [2.24, 2.45) is 5.92 Å². The smallest absolute Gasteiger partial charge is 0.309 e. The number of nitrogens with one attached hydrogen (secondary N) is 1. The summed E-state index contributed by atoms with van der Waals surface area (Å²) in [6.45, 7) is 4.47. The van der Waals surface area contributed by atoms with Gasteiger partial charge in [0.15, 0.2) is 0 Å². The third kappa shape index (κ3) is 5.27. The monoisotopic (exact) mass is 346 g/mol. The molecule has 3 rings (SSSR count). The van der Waals surface area contributed by atoms with Gasteiger partial charge in [0.2, 0.25) is 0 Å². The van der Waals surface area contributed by atoms with Gasteiger partial charge in [-0.1, -0.05) is 30.3 Å². The Labute approximate surface area is 150 Å². The van der Waals surface area contributed by atoms with Crippen LogP contribution < -0.4 is 5.32 Å². The Hall–Kier alpha value is -1.43. The van der Waals surface area contributed by atoms with E-state index < -0.39 is 0 Å². The Morgan fingerprint density at radius 1 is 1.20 bits per heavy atom. The van der Waals surface area contributed by atoms with Gasteiger partial charge in [0, 0.05) is 32.3 Å². The molecule has 1 aromatic rings. The normalized spacial score (nSPS) is 21.7. The molecule has 1 aromatic carbocycles. The van der Waals surface area contributed by atoms with E-state index in [2.05, 4.69) is 47.5 Å². The Morgan fingerprint density at radius 3 is 2.48 bits per heavy atom. The molecule has 0 bridgehead atoms. The van der Waals surface area contributed by atoms with Gasteiger partial charge in [0.25, 0.3) is 0 Å². The molecule has 0 amide bonds. The van der Waals surface area contributed by atoms with E-state index in [-0.39, 0.29) is 18.1 Å². The van der Waals surface area contributed by atoms with E-state index in [1.54, 1.807) is 7.11 Å². The molecule has 2 aliphatic rings. The minimum atomic E-state index is -0.129. The van der Waals surface area contributed by atoms with Crippen molar-refractivity contribution in [2.45, 2.75) is 50.9 Å². The zero-order valence-electron chi connectivity index (χ0n) is 15.3. The molecule has 138 valence electrons. The van der Waals surface area contributed by atoms with Crippen molar-refractivity contribution < 1.29 is 14.3 Å². The fraction of sp³-hybridized carbons (Fsp3) is 0.650. The van der Waals surface area contributed by atoms with Crippen molar-refractivity contribution in [3.63, 3.8) is 0 Å². The Morgan fingerprint density at radius 2 is 1.88 bits per heavy atom. The van der Waals surface area contributed by atoms with Crippen molar-refractivity contribution in [1.29, 1.82) is 0 Å². The van der Waals surface area contributed by atoms with Crippen LogP contribution in [0.15, 0.2) is 30.3 Å². The van der Waals surface area contributed by atoms with Gasteiger partial charge in [-0.05, 0) is 38.2 Å². The lowest BCUT2D eigenvalue weighted by molar-refractivity contribution is -0.155. The fourth-order valence-corrected chi connectivity index (χ4v) is 3.46. The van der Waals surface area contributed by atoms with Crippen molar-refractivity contribution in [3.8, 4) is 0 Å². The lowest BCUT2D eigenvalue weighted by Gasteiger charge is -2.37. The first-order chi connectivity index (χ1) is 12.2. The summed E-state index contributed by atoms with van der Waals surface area (Å²) in [5.41, 5.74) is 1.33. The van der Waals surface area contributed by atoms with E-state index in [1.165, 1.54) is 5.56 Å². The first kappa shape index (κ1) is 18.4. The van der Waals surface area contributed by atoms with Crippen LogP contribution in [0.25, 0.3) is 0 Å². The molecule has 5 heteroatoms. The molecular formula is C20H30N2O3. The highest BCUT2D eigenvalue weighted by atomic mass is 16.6. The number of hydrogen-bond donors (Lipinski definition) is 1. The minimum Gasteiger partial charge on any atom is -0.461 e. The molecule has 1 aliphatic carbocycles. The Bertz CT molecular complexity index is 539. The minimum absolute atomic E-state index is 0.0599. The molecule has 1 saturated heterocycles. The topological polar surface area (TPSA) is 50.8 Å². The van der Waals surface area contributed by atoms with E-state index >= 15 is 0 Å². The van der Waals surface area contributed by atoms with Crippen LogP contribution in [-0.2, 0) is 14.3 Å². The Kier molecular flexibility index (Phi) is 6.45. The standard InChI is InChI=1S/C20H30N2O3/c1-15(16-6-4-3-5-7-16)21-18-10-12-22(13-11-18)19(24-2)14-25-20(23)17-8-9-17/h3-7,15,17-19,21H,8-14H2,1-2H3. The average Bonchev–Trinajstić information content (AvgIpc) is 3.49. The van der Waals surface area contributed by atoms with Gasteiger partial charge in [-0.3, -0.25) is 9.69 Å². The van der Waals surface area contributed by atoms with Crippen LogP contribution in [0.1, 0.15) is 44.2 Å². The predicted molar refractivity (Wildman–Crippen MR) is 97.1 cm³/mol. The molecule has 0 radical (unpaired) electrons. The maximum absolute atomic E-state index is 11.7. The van der Waals surface area contributed by atoms with E-state index in [0.29, 0.717) is 18.7 Å². The fourth-order valence-electron chi connectivity index (χ4n) is 3.46. The second-order valence-corrected chi connectivity index (χ2v) is 7.20. The van der Waals surface area contributed by atoms with Crippen LogP contribution in [0.2, 0.25) is 0 Å². The molecular weight excluding hydrogens is 316 g/mol. The molecule has 1 aliphatic heterocycles. The van der Waals surface area contributed by atoms with Crippen LogP contribution in [0.3, 0.4) is 0 Å². The van der Waals surface area contributed by atoms with E-state index in [1.807, 2.05) is 0 Å². The van der Waals surface area contributed by atoms with Gasteiger partial charge in [-0.2, -0.15) is 0 Å². The van der Waals surface area contributed by atoms with Crippen molar-refractivity contribution in [3.05, 3.63) is 35.9 Å². The van der Waals surface area contributed by atoms with E-state index in [0.717, 1.165) is 38.8 Å². The van der Waals surface area contributed by atoms with Gasteiger partial charge in [0.1, 0.15) is 12.8 Å². The Balaban J connectivity index is 1.41. The number of likely N-dealkylation sites (tertiary alicyclic amines) is 1. The van der Waals surface area contributed by atoms with Crippen LogP contribution in [0.4, 0.5) is 0 Å². The highest BCUT2D eigenvalue weighted by molar-refractivity contribution is 5.74. The number of piperidine rings is 1. The van der Waals surface area contributed by atoms with E-state index in [9.17, 15) is 4.79 Å². The van der Waals surface area contributed by atoms with Crippen molar-refractivity contribution in [2.75, 3.05) is 26.8 Å². The zero-order valence-corrected chi connectivity index (χ0v) is 15.3. The molecule has 1 N–H and O–H groups in total. The molecule has 1 saturated carbocycles. The zero-order chi connectivity index (χ0) is 17.6. The number of benzene rings is 1. The maximum atomic E-state index is 11.7. The molecule has 2 unspecified atom stereocenters. The first-order valence-corrected chi connectivity index (χ1v) is 9.42. The van der Waals surface area contributed by atoms with Gasteiger partial charge in [-0.25, -0.2) is 0 Å². The molecule has 0 spiro atoms. The number of nitrogens with zero attached hydrogens (tertiary/aromatic N) is 1. The number of ether oxygens (including phenoxy) is 2.